The zero-order chi connectivity index (χ0) is 13.7. The summed E-state index contributed by atoms with van der Waals surface area (Å²) in [5.74, 6) is 0. The lowest BCUT2D eigenvalue weighted by Crippen LogP contribution is -2.51. The molecule has 2 amide bonds. The van der Waals surface area contributed by atoms with E-state index in [9.17, 15) is 4.79 Å². The van der Waals surface area contributed by atoms with Crippen molar-refractivity contribution in [1.29, 1.82) is 0 Å². The Morgan fingerprint density at radius 3 is 2.53 bits per heavy atom. The van der Waals surface area contributed by atoms with Crippen LogP contribution >= 0.6 is 0 Å². The number of ether oxygens (including phenoxy) is 1. The van der Waals surface area contributed by atoms with Gasteiger partial charge in [-0.1, -0.05) is 0 Å². The first-order valence-electron chi connectivity index (χ1n) is 7.25. The Morgan fingerprint density at radius 2 is 1.95 bits per heavy atom. The number of morpholine rings is 1. The number of rotatable bonds is 4. The van der Waals surface area contributed by atoms with Crippen molar-refractivity contribution < 1.29 is 9.53 Å². The van der Waals surface area contributed by atoms with E-state index in [-0.39, 0.29) is 6.03 Å². The van der Waals surface area contributed by atoms with E-state index in [4.69, 9.17) is 10.5 Å². The zero-order valence-electron chi connectivity index (χ0n) is 11.8. The van der Waals surface area contributed by atoms with Gasteiger partial charge in [0.25, 0.3) is 0 Å². The first kappa shape index (κ1) is 14.6. The molecular formula is C13H26N4O2. The van der Waals surface area contributed by atoms with Crippen molar-refractivity contribution in [2.24, 2.45) is 5.73 Å². The van der Waals surface area contributed by atoms with Crippen LogP contribution in [0.15, 0.2) is 0 Å². The van der Waals surface area contributed by atoms with Gasteiger partial charge in [-0.3, -0.25) is 4.90 Å². The van der Waals surface area contributed by atoms with Crippen molar-refractivity contribution in [2.45, 2.75) is 31.8 Å². The van der Waals surface area contributed by atoms with Crippen molar-refractivity contribution in [3.8, 4) is 0 Å². The summed E-state index contributed by atoms with van der Waals surface area (Å²) in [5, 5.41) is 3.66. The Kier molecular flexibility index (Phi) is 5.42. The lowest BCUT2D eigenvalue weighted by Gasteiger charge is -2.35. The Bertz CT molecular complexity index is 286. The number of piperidine rings is 1. The minimum Gasteiger partial charge on any atom is -0.379 e. The first-order valence-corrected chi connectivity index (χ1v) is 7.25. The van der Waals surface area contributed by atoms with Gasteiger partial charge in [-0.25, -0.2) is 4.79 Å². The molecule has 2 heterocycles. The number of likely N-dealkylation sites (tertiary alicyclic amines) is 1. The number of carbonyl (C=O) groups excluding carboxylic acids is 1. The molecule has 2 fully saturated rings. The predicted molar refractivity (Wildman–Crippen MR) is 74.0 cm³/mol. The monoisotopic (exact) mass is 270 g/mol. The van der Waals surface area contributed by atoms with E-state index in [1.165, 1.54) is 0 Å². The van der Waals surface area contributed by atoms with Crippen LogP contribution in [0.5, 0.6) is 0 Å². The summed E-state index contributed by atoms with van der Waals surface area (Å²) in [7, 11) is 0. The molecule has 1 atom stereocenters. The maximum atomic E-state index is 11.1. The minimum absolute atomic E-state index is 0.292. The molecule has 0 saturated carbocycles. The number of hydrogen-bond acceptors (Lipinski definition) is 4. The highest BCUT2D eigenvalue weighted by Crippen LogP contribution is 2.11. The van der Waals surface area contributed by atoms with Crippen LogP contribution in [-0.4, -0.2) is 73.9 Å². The van der Waals surface area contributed by atoms with Crippen molar-refractivity contribution in [3.63, 3.8) is 0 Å². The standard InChI is InChI=1S/C13H26N4O2/c1-11(10-16-6-8-19-9-7-16)15-12-2-4-17(5-3-12)13(14)18/h11-12,15H,2-10H2,1H3,(H2,14,18). The number of primary amides is 1. The number of hydrogen-bond donors (Lipinski definition) is 2. The zero-order valence-corrected chi connectivity index (χ0v) is 11.8. The Morgan fingerprint density at radius 1 is 1.32 bits per heavy atom. The van der Waals surface area contributed by atoms with Crippen molar-refractivity contribution in [2.75, 3.05) is 45.9 Å². The third-order valence-electron chi connectivity index (χ3n) is 3.96. The summed E-state index contributed by atoms with van der Waals surface area (Å²) < 4.78 is 5.35. The number of nitrogens with one attached hydrogen (secondary N) is 1. The number of nitrogens with two attached hydrogens (primary N) is 1. The lowest BCUT2D eigenvalue weighted by atomic mass is 10.0. The molecule has 0 aromatic carbocycles. The van der Waals surface area contributed by atoms with Crippen LogP contribution < -0.4 is 11.1 Å². The van der Waals surface area contributed by atoms with E-state index < -0.39 is 0 Å². The van der Waals surface area contributed by atoms with Gasteiger partial charge in [-0.15, -0.1) is 0 Å². The summed E-state index contributed by atoms with van der Waals surface area (Å²) in [6.07, 6.45) is 1.99. The van der Waals surface area contributed by atoms with E-state index in [1.54, 1.807) is 4.90 Å². The largest absolute Gasteiger partial charge is 0.379 e. The van der Waals surface area contributed by atoms with Gasteiger partial charge >= 0.3 is 6.03 Å². The van der Waals surface area contributed by atoms with Crippen LogP contribution in [0.25, 0.3) is 0 Å². The van der Waals surface area contributed by atoms with Crippen LogP contribution in [0.2, 0.25) is 0 Å². The van der Waals surface area contributed by atoms with E-state index in [2.05, 4.69) is 17.1 Å². The molecule has 0 aromatic rings. The van der Waals surface area contributed by atoms with Crippen molar-refractivity contribution in [3.05, 3.63) is 0 Å². The van der Waals surface area contributed by atoms with Crippen LogP contribution in [0.3, 0.4) is 0 Å². The second-order valence-electron chi connectivity index (χ2n) is 5.58. The molecule has 0 radical (unpaired) electrons. The van der Waals surface area contributed by atoms with Gasteiger partial charge < -0.3 is 20.7 Å². The Hall–Kier alpha value is -0.850. The molecule has 6 nitrogen and oxygen atoms in total. The second kappa shape index (κ2) is 7.07. The predicted octanol–water partition coefficient (Wildman–Crippen LogP) is -0.160. The first-order chi connectivity index (χ1) is 9.15. The third-order valence-corrected chi connectivity index (χ3v) is 3.96. The van der Waals surface area contributed by atoms with Gasteiger partial charge in [0.15, 0.2) is 0 Å². The van der Waals surface area contributed by atoms with E-state index in [1.807, 2.05) is 0 Å². The van der Waals surface area contributed by atoms with Crippen LogP contribution in [-0.2, 0) is 4.74 Å². The molecule has 2 aliphatic heterocycles. The van der Waals surface area contributed by atoms with Crippen LogP contribution in [0.1, 0.15) is 19.8 Å². The highest BCUT2D eigenvalue weighted by Gasteiger charge is 2.23. The molecule has 0 aliphatic carbocycles. The van der Waals surface area contributed by atoms with Crippen LogP contribution in [0, 0.1) is 0 Å². The van der Waals surface area contributed by atoms with Crippen molar-refractivity contribution >= 4 is 6.03 Å². The number of nitrogens with zero attached hydrogens (tertiary/aromatic N) is 2. The fourth-order valence-electron chi connectivity index (χ4n) is 2.89. The van der Waals surface area contributed by atoms with Gasteiger partial charge in [0.05, 0.1) is 13.2 Å². The molecule has 0 bridgehead atoms. The Labute approximate surface area is 115 Å². The van der Waals surface area contributed by atoms with Gasteiger partial charge in [-0.2, -0.15) is 0 Å². The van der Waals surface area contributed by atoms with Gasteiger partial charge in [0.2, 0.25) is 0 Å². The molecule has 0 aromatic heterocycles. The molecule has 1 unspecified atom stereocenters. The minimum atomic E-state index is -0.292. The molecule has 6 heteroatoms. The van der Waals surface area contributed by atoms with Gasteiger partial charge in [0.1, 0.15) is 0 Å². The molecule has 2 saturated heterocycles. The average molecular weight is 270 g/mol. The van der Waals surface area contributed by atoms with E-state index in [0.29, 0.717) is 12.1 Å². The average Bonchev–Trinajstić information content (AvgIpc) is 2.40. The molecule has 19 heavy (non-hydrogen) atoms. The SMILES string of the molecule is CC(CN1CCOCC1)NC1CCN(C(N)=O)CC1. The smallest absolute Gasteiger partial charge is 0.314 e. The molecule has 110 valence electrons. The highest BCUT2D eigenvalue weighted by atomic mass is 16.5. The molecular weight excluding hydrogens is 244 g/mol. The number of urea groups is 1. The van der Waals surface area contributed by atoms with Gasteiger partial charge in [-0.05, 0) is 19.8 Å². The van der Waals surface area contributed by atoms with Crippen LogP contribution in [0.4, 0.5) is 4.79 Å². The molecule has 2 rings (SSSR count). The second-order valence-corrected chi connectivity index (χ2v) is 5.58. The summed E-state index contributed by atoms with van der Waals surface area (Å²) in [5.41, 5.74) is 5.29. The molecule has 3 N–H and O–H groups in total. The third kappa shape index (κ3) is 4.63. The molecule has 2 aliphatic rings. The Balaban J connectivity index is 1.65. The van der Waals surface area contributed by atoms with E-state index >= 15 is 0 Å². The summed E-state index contributed by atoms with van der Waals surface area (Å²) in [4.78, 5) is 15.2. The normalized spacial score (nSPS) is 24.4. The topological polar surface area (TPSA) is 70.8 Å². The summed E-state index contributed by atoms with van der Waals surface area (Å²) in [6, 6.07) is 0.690. The highest BCUT2D eigenvalue weighted by molar-refractivity contribution is 5.72. The maximum Gasteiger partial charge on any atom is 0.314 e. The summed E-state index contributed by atoms with van der Waals surface area (Å²) >= 11 is 0. The quantitative estimate of drug-likeness (QED) is 0.745. The molecule has 0 spiro atoms. The van der Waals surface area contributed by atoms with Gasteiger partial charge in [0, 0.05) is 44.8 Å². The lowest BCUT2D eigenvalue weighted by molar-refractivity contribution is 0.0334. The maximum absolute atomic E-state index is 11.1. The summed E-state index contributed by atoms with van der Waals surface area (Å²) in [6.45, 7) is 8.62. The number of amides is 2. The fraction of sp³-hybridized carbons (Fsp3) is 0.923. The van der Waals surface area contributed by atoms with Crippen molar-refractivity contribution in [1.82, 2.24) is 15.1 Å². The van der Waals surface area contributed by atoms with E-state index in [0.717, 1.165) is 58.8 Å². The number of carbonyl (C=O) groups is 1. The fourth-order valence-corrected chi connectivity index (χ4v) is 2.89.